The SMILES string of the molecule is Cc1ccc(N(c2ccc(C)cc2)c2ccc(-n3c4ccccc4c4c5c6ccccc6n(-c6ccc(N(c7ccc(C)cc7)c7ccc(C)cc7)cc6)c5ccc43)cc2)cc1. The summed E-state index contributed by atoms with van der Waals surface area (Å²) >= 11 is 0. The molecular weight excluding hydrogens is 753 g/mol. The van der Waals surface area contributed by atoms with E-state index in [1.807, 2.05) is 0 Å². The van der Waals surface area contributed by atoms with Gasteiger partial charge >= 0.3 is 0 Å². The number of aryl methyl sites for hydroxylation is 4. The van der Waals surface area contributed by atoms with Crippen LogP contribution in [-0.2, 0) is 0 Å². The average molecular weight is 799 g/mol. The molecule has 11 aromatic rings. The Morgan fingerprint density at radius 3 is 0.806 bits per heavy atom. The van der Waals surface area contributed by atoms with E-state index in [1.165, 1.54) is 65.9 Å². The molecule has 62 heavy (non-hydrogen) atoms. The number of hydrogen-bond donors (Lipinski definition) is 0. The molecule has 0 atom stereocenters. The minimum absolute atomic E-state index is 1.11. The number of anilines is 6. The molecule has 0 bridgehead atoms. The van der Waals surface area contributed by atoms with Gasteiger partial charge in [-0.25, -0.2) is 0 Å². The summed E-state index contributed by atoms with van der Waals surface area (Å²) in [5.41, 5.74) is 18.7. The number of fused-ring (bicyclic) bond motifs is 7. The zero-order chi connectivity index (χ0) is 41.9. The van der Waals surface area contributed by atoms with Crippen molar-refractivity contribution < 1.29 is 0 Å². The lowest BCUT2D eigenvalue weighted by molar-refractivity contribution is 1.17. The van der Waals surface area contributed by atoms with Crippen LogP contribution in [0.3, 0.4) is 0 Å². The first kappa shape index (κ1) is 37.2. The predicted molar refractivity (Wildman–Crippen MR) is 263 cm³/mol. The van der Waals surface area contributed by atoms with E-state index in [0.717, 1.165) is 45.5 Å². The van der Waals surface area contributed by atoms with Crippen molar-refractivity contribution in [3.63, 3.8) is 0 Å². The first-order chi connectivity index (χ1) is 30.4. The molecule has 0 fully saturated rings. The minimum atomic E-state index is 1.11. The molecule has 0 aliphatic rings. The van der Waals surface area contributed by atoms with Crippen molar-refractivity contribution in [2.24, 2.45) is 0 Å². The number of aromatic nitrogens is 2. The van der Waals surface area contributed by atoms with Crippen LogP contribution in [0.15, 0.2) is 206 Å². The number of benzene rings is 9. The topological polar surface area (TPSA) is 16.3 Å². The second-order valence-electron chi connectivity index (χ2n) is 16.6. The Kier molecular flexibility index (Phi) is 9.01. The molecule has 2 heterocycles. The standard InChI is InChI=1S/C58H46N4/c1-39-13-21-43(22-14-39)59(44-23-15-40(2)16-24-44)47-29-33-49(34-30-47)61-53-11-7-5-9-51(53)57-55(61)37-38-56-58(57)52-10-6-8-12-54(52)62(56)50-35-31-48(32-36-50)60(45-25-17-41(3)18-26-45)46-27-19-42(4)20-28-46/h5-38H,1-4H3. The Labute approximate surface area is 362 Å². The molecule has 0 spiro atoms. The molecule has 4 heteroatoms. The Balaban J connectivity index is 1.05. The van der Waals surface area contributed by atoms with Crippen LogP contribution in [0.1, 0.15) is 22.3 Å². The number of para-hydroxylation sites is 2. The lowest BCUT2D eigenvalue weighted by Gasteiger charge is -2.26. The van der Waals surface area contributed by atoms with E-state index in [9.17, 15) is 0 Å². The average Bonchev–Trinajstić information content (AvgIpc) is 3.82. The van der Waals surface area contributed by atoms with E-state index in [4.69, 9.17) is 0 Å². The van der Waals surface area contributed by atoms with Gasteiger partial charge in [0.1, 0.15) is 0 Å². The lowest BCUT2D eigenvalue weighted by atomic mass is 10.1. The summed E-state index contributed by atoms with van der Waals surface area (Å²) in [6.45, 7) is 8.54. The molecule has 0 aliphatic carbocycles. The van der Waals surface area contributed by atoms with Gasteiger partial charge in [-0.15, -0.1) is 0 Å². The summed E-state index contributed by atoms with van der Waals surface area (Å²) in [6, 6.07) is 75.5. The van der Waals surface area contributed by atoms with E-state index in [-0.39, 0.29) is 0 Å². The maximum atomic E-state index is 2.43. The molecule has 0 saturated heterocycles. The van der Waals surface area contributed by atoms with Crippen molar-refractivity contribution in [3.8, 4) is 11.4 Å². The van der Waals surface area contributed by atoms with Crippen molar-refractivity contribution >= 4 is 77.7 Å². The van der Waals surface area contributed by atoms with Gasteiger partial charge in [0.05, 0.1) is 22.1 Å². The van der Waals surface area contributed by atoms with Gasteiger partial charge < -0.3 is 18.9 Å². The van der Waals surface area contributed by atoms with Crippen LogP contribution in [0.25, 0.3) is 55.0 Å². The van der Waals surface area contributed by atoms with Crippen molar-refractivity contribution in [1.29, 1.82) is 0 Å². The Bertz CT molecular complexity index is 3070. The van der Waals surface area contributed by atoms with Gasteiger partial charge in [0.25, 0.3) is 0 Å². The molecular formula is C58H46N4. The quantitative estimate of drug-likeness (QED) is 0.152. The van der Waals surface area contributed by atoms with Crippen molar-refractivity contribution in [2.75, 3.05) is 9.80 Å². The zero-order valence-electron chi connectivity index (χ0n) is 35.4. The van der Waals surface area contributed by atoms with Gasteiger partial charge in [-0.1, -0.05) is 107 Å². The Hall–Kier alpha value is -7.82. The van der Waals surface area contributed by atoms with Gasteiger partial charge in [-0.05, 0) is 149 Å². The second kappa shape index (κ2) is 15.0. The van der Waals surface area contributed by atoms with Crippen molar-refractivity contribution in [3.05, 3.63) is 229 Å². The van der Waals surface area contributed by atoms with Gasteiger partial charge in [0.15, 0.2) is 0 Å². The molecule has 0 unspecified atom stereocenters. The van der Waals surface area contributed by atoms with Crippen LogP contribution in [0, 0.1) is 27.7 Å². The van der Waals surface area contributed by atoms with Gasteiger partial charge in [0, 0.05) is 67.0 Å². The zero-order valence-corrected chi connectivity index (χ0v) is 35.4. The van der Waals surface area contributed by atoms with Crippen LogP contribution in [-0.4, -0.2) is 9.13 Å². The minimum Gasteiger partial charge on any atom is -0.311 e. The van der Waals surface area contributed by atoms with E-state index in [1.54, 1.807) is 0 Å². The summed E-state index contributed by atoms with van der Waals surface area (Å²) < 4.78 is 4.86. The second-order valence-corrected chi connectivity index (χ2v) is 16.6. The van der Waals surface area contributed by atoms with E-state index >= 15 is 0 Å². The molecule has 11 rings (SSSR count). The van der Waals surface area contributed by atoms with Crippen LogP contribution >= 0.6 is 0 Å². The molecule has 298 valence electrons. The van der Waals surface area contributed by atoms with Crippen molar-refractivity contribution in [2.45, 2.75) is 27.7 Å². The number of rotatable bonds is 8. The molecule has 0 radical (unpaired) electrons. The van der Waals surface area contributed by atoms with Crippen LogP contribution in [0.4, 0.5) is 34.1 Å². The molecule has 2 aromatic heterocycles. The maximum Gasteiger partial charge on any atom is 0.0548 e. The Morgan fingerprint density at radius 2 is 0.516 bits per heavy atom. The first-order valence-corrected chi connectivity index (χ1v) is 21.4. The van der Waals surface area contributed by atoms with E-state index in [0.29, 0.717) is 0 Å². The first-order valence-electron chi connectivity index (χ1n) is 21.4. The number of hydrogen-bond acceptors (Lipinski definition) is 2. The summed E-state index contributed by atoms with van der Waals surface area (Å²) in [6.07, 6.45) is 0. The van der Waals surface area contributed by atoms with E-state index in [2.05, 4.69) is 253 Å². The third-order valence-corrected chi connectivity index (χ3v) is 12.4. The fourth-order valence-corrected chi connectivity index (χ4v) is 9.25. The van der Waals surface area contributed by atoms with Gasteiger partial charge in [0.2, 0.25) is 0 Å². The lowest BCUT2D eigenvalue weighted by Crippen LogP contribution is -2.10. The molecule has 0 aliphatic heterocycles. The van der Waals surface area contributed by atoms with Crippen LogP contribution in [0.5, 0.6) is 0 Å². The highest BCUT2D eigenvalue weighted by atomic mass is 15.1. The third kappa shape index (κ3) is 6.31. The smallest absolute Gasteiger partial charge is 0.0548 e. The van der Waals surface area contributed by atoms with E-state index < -0.39 is 0 Å². The fraction of sp³-hybridized carbons (Fsp3) is 0.0690. The largest absolute Gasteiger partial charge is 0.311 e. The summed E-state index contributed by atoms with van der Waals surface area (Å²) in [7, 11) is 0. The Morgan fingerprint density at radius 1 is 0.258 bits per heavy atom. The summed E-state index contributed by atoms with van der Waals surface area (Å²) in [5, 5.41) is 5.01. The predicted octanol–water partition coefficient (Wildman–Crippen LogP) is 16.1. The van der Waals surface area contributed by atoms with Gasteiger partial charge in [-0.3, -0.25) is 0 Å². The molecule has 0 N–H and O–H groups in total. The van der Waals surface area contributed by atoms with Crippen molar-refractivity contribution in [1.82, 2.24) is 9.13 Å². The molecule has 4 nitrogen and oxygen atoms in total. The molecule has 0 saturated carbocycles. The third-order valence-electron chi connectivity index (χ3n) is 12.4. The van der Waals surface area contributed by atoms with Gasteiger partial charge in [-0.2, -0.15) is 0 Å². The molecule has 0 amide bonds. The van der Waals surface area contributed by atoms with Crippen LogP contribution < -0.4 is 9.80 Å². The fourth-order valence-electron chi connectivity index (χ4n) is 9.25. The highest BCUT2D eigenvalue weighted by molar-refractivity contribution is 6.28. The van der Waals surface area contributed by atoms with Crippen LogP contribution in [0.2, 0.25) is 0 Å². The maximum absolute atomic E-state index is 2.43. The summed E-state index contributed by atoms with van der Waals surface area (Å²) in [4.78, 5) is 4.67. The summed E-state index contributed by atoms with van der Waals surface area (Å²) in [5.74, 6) is 0. The normalized spacial score (nSPS) is 11.5. The number of nitrogens with zero attached hydrogens (tertiary/aromatic N) is 4. The molecule has 9 aromatic carbocycles. The monoisotopic (exact) mass is 798 g/mol. The highest BCUT2D eigenvalue weighted by Crippen LogP contribution is 2.44. The highest BCUT2D eigenvalue weighted by Gasteiger charge is 2.22.